The van der Waals surface area contributed by atoms with Gasteiger partial charge in [0.2, 0.25) is 5.91 Å². The van der Waals surface area contributed by atoms with Crippen LogP contribution in [0.15, 0.2) is 30.3 Å². The van der Waals surface area contributed by atoms with Gasteiger partial charge in [-0.15, -0.1) is 0 Å². The molecule has 3 nitrogen and oxygen atoms in total. The Kier molecular flexibility index (Phi) is 5.40. The van der Waals surface area contributed by atoms with Crippen molar-refractivity contribution in [1.82, 2.24) is 10.2 Å². The van der Waals surface area contributed by atoms with E-state index in [0.29, 0.717) is 12.0 Å². The van der Waals surface area contributed by atoms with Crippen molar-refractivity contribution in [2.24, 2.45) is 5.92 Å². The van der Waals surface area contributed by atoms with Gasteiger partial charge in [0.1, 0.15) is 0 Å². The molecule has 0 radical (unpaired) electrons. The molecule has 116 valence electrons. The molecule has 3 heteroatoms. The normalized spacial score (nSPS) is 23.9. The second kappa shape index (κ2) is 7.08. The summed E-state index contributed by atoms with van der Waals surface area (Å²) in [5, 5.41) is 3.56. The molecule has 1 heterocycles. The van der Waals surface area contributed by atoms with Crippen LogP contribution < -0.4 is 5.32 Å². The van der Waals surface area contributed by atoms with Gasteiger partial charge in [-0.25, -0.2) is 0 Å². The molecule has 1 fully saturated rings. The quantitative estimate of drug-likeness (QED) is 0.872. The van der Waals surface area contributed by atoms with E-state index < -0.39 is 0 Å². The van der Waals surface area contributed by atoms with Crippen LogP contribution >= 0.6 is 0 Å². The molecule has 1 amide bonds. The summed E-state index contributed by atoms with van der Waals surface area (Å²) < 4.78 is 0. The third-order valence-corrected chi connectivity index (χ3v) is 4.32. The van der Waals surface area contributed by atoms with Crippen LogP contribution in [0.5, 0.6) is 0 Å². The van der Waals surface area contributed by atoms with Gasteiger partial charge in [0.25, 0.3) is 0 Å². The van der Waals surface area contributed by atoms with Crippen LogP contribution in [0, 0.1) is 5.92 Å². The molecule has 21 heavy (non-hydrogen) atoms. The molecule has 0 bridgehead atoms. The molecule has 1 saturated heterocycles. The topological polar surface area (TPSA) is 32.3 Å². The Bertz CT molecular complexity index is 458. The van der Waals surface area contributed by atoms with Gasteiger partial charge in [-0.2, -0.15) is 0 Å². The first-order valence-corrected chi connectivity index (χ1v) is 8.15. The van der Waals surface area contributed by atoms with E-state index in [2.05, 4.69) is 50.0 Å². The molecule has 3 unspecified atom stereocenters. The summed E-state index contributed by atoms with van der Waals surface area (Å²) >= 11 is 0. The van der Waals surface area contributed by atoms with Crippen molar-refractivity contribution >= 4 is 5.91 Å². The van der Waals surface area contributed by atoms with Crippen LogP contribution in [0.1, 0.15) is 46.1 Å². The number of hydrogen-bond donors (Lipinski definition) is 1. The van der Waals surface area contributed by atoms with Crippen LogP contribution in [0.3, 0.4) is 0 Å². The minimum atomic E-state index is -0.0786. The van der Waals surface area contributed by atoms with E-state index in [0.717, 1.165) is 19.3 Å². The zero-order valence-electron chi connectivity index (χ0n) is 13.7. The SMILES string of the molecule is CCC(C)N1C(=O)C(Cc2ccccc2)NC1CC(C)C. The minimum Gasteiger partial charge on any atom is -0.323 e. The third-order valence-electron chi connectivity index (χ3n) is 4.32. The van der Waals surface area contributed by atoms with Crippen LogP contribution in [-0.4, -0.2) is 29.1 Å². The molecule has 2 rings (SSSR count). The number of benzene rings is 1. The average Bonchev–Trinajstić information content (AvgIpc) is 2.74. The number of hydrogen-bond acceptors (Lipinski definition) is 2. The maximum atomic E-state index is 12.8. The lowest BCUT2D eigenvalue weighted by Gasteiger charge is -2.30. The number of nitrogens with zero attached hydrogens (tertiary/aromatic N) is 1. The molecular formula is C18H28N2O. The summed E-state index contributed by atoms with van der Waals surface area (Å²) in [6.07, 6.45) is 2.98. The Morgan fingerprint density at radius 1 is 1.19 bits per heavy atom. The highest BCUT2D eigenvalue weighted by Crippen LogP contribution is 2.23. The van der Waals surface area contributed by atoms with E-state index in [-0.39, 0.29) is 18.1 Å². The van der Waals surface area contributed by atoms with Crippen molar-refractivity contribution < 1.29 is 4.79 Å². The maximum absolute atomic E-state index is 12.8. The summed E-state index contributed by atoms with van der Waals surface area (Å²) in [6, 6.07) is 10.5. The molecule has 0 saturated carbocycles. The number of rotatable bonds is 6. The Labute approximate surface area is 128 Å². The molecule has 1 aliphatic heterocycles. The Hall–Kier alpha value is -1.35. The van der Waals surface area contributed by atoms with Gasteiger partial charge in [-0.05, 0) is 37.7 Å². The molecule has 1 aliphatic rings. The monoisotopic (exact) mass is 288 g/mol. The van der Waals surface area contributed by atoms with Crippen LogP contribution in [0.25, 0.3) is 0 Å². The maximum Gasteiger partial charge on any atom is 0.241 e. The molecule has 0 aromatic heterocycles. The van der Waals surface area contributed by atoms with Gasteiger partial charge >= 0.3 is 0 Å². The van der Waals surface area contributed by atoms with Crippen molar-refractivity contribution in [2.75, 3.05) is 0 Å². The van der Waals surface area contributed by atoms with Crippen molar-refractivity contribution in [3.05, 3.63) is 35.9 Å². The van der Waals surface area contributed by atoms with E-state index >= 15 is 0 Å². The highest BCUT2D eigenvalue weighted by atomic mass is 16.2. The van der Waals surface area contributed by atoms with Crippen molar-refractivity contribution in [3.8, 4) is 0 Å². The molecule has 3 atom stereocenters. The standard InChI is InChI=1S/C18H28N2O/c1-5-14(4)20-17(11-13(2)3)19-16(18(20)21)12-15-9-7-6-8-10-15/h6-10,13-14,16-17,19H,5,11-12H2,1-4H3. The first-order chi connectivity index (χ1) is 10.0. The van der Waals surface area contributed by atoms with Crippen molar-refractivity contribution in [2.45, 2.75) is 65.2 Å². The molecule has 1 aromatic rings. The van der Waals surface area contributed by atoms with E-state index in [9.17, 15) is 4.79 Å². The van der Waals surface area contributed by atoms with E-state index in [1.807, 2.05) is 18.2 Å². The predicted octanol–water partition coefficient (Wildman–Crippen LogP) is 3.20. The minimum absolute atomic E-state index is 0.0786. The fraction of sp³-hybridized carbons (Fsp3) is 0.611. The number of carbonyl (C=O) groups excluding carboxylic acids is 1. The number of amides is 1. The number of nitrogens with one attached hydrogen (secondary N) is 1. The highest BCUT2D eigenvalue weighted by molar-refractivity contribution is 5.85. The smallest absolute Gasteiger partial charge is 0.241 e. The van der Waals surface area contributed by atoms with Gasteiger partial charge in [-0.3, -0.25) is 10.1 Å². The number of carbonyl (C=O) groups is 1. The van der Waals surface area contributed by atoms with Crippen molar-refractivity contribution in [1.29, 1.82) is 0 Å². The lowest BCUT2D eigenvalue weighted by molar-refractivity contribution is -0.132. The second-order valence-electron chi connectivity index (χ2n) is 6.56. The summed E-state index contributed by atoms with van der Waals surface area (Å²) in [5.41, 5.74) is 1.22. The summed E-state index contributed by atoms with van der Waals surface area (Å²) in [7, 11) is 0. The van der Waals surface area contributed by atoms with E-state index in [1.165, 1.54) is 5.56 Å². The summed E-state index contributed by atoms with van der Waals surface area (Å²) in [6.45, 7) is 8.73. The molecule has 1 aromatic carbocycles. The van der Waals surface area contributed by atoms with Gasteiger partial charge < -0.3 is 4.90 Å². The fourth-order valence-corrected chi connectivity index (χ4v) is 3.06. The first kappa shape index (κ1) is 16.0. The van der Waals surface area contributed by atoms with Crippen LogP contribution in [0.2, 0.25) is 0 Å². The highest BCUT2D eigenvalue weighted by Gasteiger charge is 2.40. The summed E-state index contributed by atoms with van der Waals surface area (Å²) in [5.74, 6) is 0.844. The first-order valence-electron chi connectivity index (χ1n) is 8.15. The van der Waals surface area contributed by atoms with Gasteiger partial charge in [-0.1, -0.05) is 51.1 Å². The molecular weight excluding hydrogens is 260 g/mol. The Morgan fingerprint density at radius 3 is 2.43 bits per heavy atom. The third kappa shape index (κ3) is 3.85. The van der Waals surface area contributed by atoms with Gasteiger partial charge in [0.05, 0.1) is 12.2 Å². The Morgan fingerprint density at radius 2 is 1.86 bits per heavy atom. The largest absolute Gasteiger partial charge is 0.323 e. The van der Waals surface area contributed by atoms with Crippen LogP contribution in [0.4, 0.5) is 0 Å². The predicted molar refractivity (Wildman–Crippen MR) is 86.9 cm³/mol. The molecule has 0 spiro atoms. The summed E-state index contributed by atoms with van der Waals surface area (Å²) in [4.78, 5) is 14.8. The zero-order valence-corrected chi connectivity index (χ0v) is 13.7. The van der Waals surface area contributed by atoms with E-state index in [1.54, 1.807) is 0 Å². The van der Waals surface area contributed by atoms with Gasteiger partial charge in [0, 0.05) is 6.04 Å². The van der Waals surface area contributed by atoms with E-state index in [4.69, 9.17) is 0 Å². The van der Waals surface area contributed by atoms with Crippen LogP contribution in [-0.2, 0) is 11.2 Å². The fourth-order valence-electron chi connectivity index (χ4n) is 3.06. The van der Waals surface area contributed by atoms with Gasteiger partial charge in [0.15, 0.2) is 0 Å². The second-order valence-corrected chi connectivity index (χ2v) is 6.56. The lowest BCUT2D eigenvalue weighted by atomic mass is 10.1. The molecule has 1 N–H and O–H groups in total. The average molecular weight is 288 g/mol. The lowest BCUT2D eigenvalue weighted by Crippen LogP contribution is -2.43. The molecule has 0 aliphatic carbocycles. The van der Waals surface area contributed by atoms with Crippen molar-refractivity contribution in [3.63, 3.8) is 0 Å². The Balaban J connectivity index is 2.12. The zero-order chi connectivity index (χ0) is 15.4.